The van der Waals surface area contributed by atoms with Gasteiger partial charge in [0.25, 0.3) is 10.0 Å². The van der Waals surface area contributed by atoms with Crippen molar-refractivity contribution in [2.75, 3.05) is 31.0 Å². The van der Waals surface area contributed by atoms with Gasteiger partial charge in [0.15, 0.2) is 0 Å². The summed E-state index contributed by atoms with van der Waals surface area (Å²) in [6.07, 6.45) is 0. The molecule has 4 rings (SSSR count). The highest BCUT2D eigenvalue weighted by molar-refractivity contribution is 7.93. The summed E-state index contributed by atoms with van der Waals surface area (Å²) in [4.78, 5) is 18.9. The predicted octanol–water partition coefficient (Wildman–Crippen LogP) is 2.52. The number of ether oxygens (including phenoxy) is 1. The topological polar surface area (TPSA) is 115 Å². The van der Waals surface area contributed by atoms with E-state index in [2.05, 4.69) is 14.9 Å². The third-order valence-corrected chi connectivity index (χ3v) is 7.07. The molecule has 0 radical (unpaired) electrons. The molecule has 3 heterocycles. The molecule has 30 heavy (non-hydrogen) atoms. The molecule has 0 spiro atoms. The first-order chi connectivity index (χ1) is 14.3. The number of para-hydroxylation sites is 1. The van der Waals surface area contributed by atoms with Crippen LogP contribution in [0, 0.1) is 12.7 Å². The molecule has 0 saturated carbocycles. The van der Waals surface area contributed by atoms with E-state index < -0.39 is 21.7 Å². The van der Waals surface area contributed by atoms with Crippen LogP contribution in [-0.2, 0) is 14.8 Å². The van der Waals surface area contributed by atoms with E-state index in [1.165, 1.54) is 24.3 Å². The van der Waals surface area contributed by atoms with Gasteiger partial charge in [0.2, 0.25) is 5.82 Å². The van der Waals surface area contributed by atoms with Gasteiger partial charge in [-0.3, -0.25) is 9.52 Å². The molecular formula is C18H17FN4O5S2. The molecule has 9 nitrogen and oxygen atoms in total. The normalized spacial score (nSPS) is 14.7. The zero-order valence-electron chi connectivity index (χ0n) is 15.8. The molecule has 3 aromatic rings. The SMILES string of the molecule is Cc1sc(-c2noc(C(=O)N3CCOCC3)n2)cc1S(=O)(=O)Nc1ccccc1F. The number of aromatic nitrogens is 2. The van der Waals surface area contributed by atoms with Crippen LogP contribution in [0.5, 0.6) is 0 Å². The van der Waals surface area contributed by atoms with Crippen molar-refractivity contribution < 1.29 is 26.9 Å². The number of thiophene rings is 1. The van der Waals surface area contributed by atoms with Crippen molar-refractivity contribution in [1.82, 2.24) is 15.0 Å². The number of benzene rings is 1. The van der Waals surface area contributed by atoms with Crippen LogP contribution < -0.4 is 4.72 Å². The summed E-state index contributed by atoms with van der Waals surface area (Å²) in [6, 6.07) is 6.86. The number of amides is 1. The van der Waals surface area contributed by atoms with Crippen LogP contribution in [0.1, 0.15) is 15.6 Å². The van der Waals surface area contributed by atoms with E-state index in [9.17, 15) is 17.6 Å². The Morgan fingerprint density at radius 3 is 2.73 bits per heavy atom. The Labute approximate surface area is 175 Å². The van der Waals surface area contributed by atoms with Crippen LogP contribution in [0.15, 0.2) is 39.8 Å². The van der Waals surface area contributed by atoms with Crippen LogP contribution >= 0.6 is 11.3 Å². The van der Waals surface area contributed by atoms with Crippen LogP contribution in [0.2, 0.25) is 0 Å². The number of carbonyl (C=O) groups is 1. The Balaban J connectivity index is 1.58. The zero-order chi connectivity index (χ0) is 21.3. The molecule has 0 unspecified atom stereocenters. The van der Waals surface area contributed by atoms with Crippen LogP contribution in [0.3, 0.4) is 0 Å². The van der Waals surface area contributed by atoms with Crippen molar-refractivity contribution in [2.24, 2.45) is 0 Å². The van der Waals surface area contributed by atoms with Crippen molar-refractivity contribution in [2.45, 2.75) is 11.8 Å². The Bertz CT molecular complexity index is 1180. The minimum atomic E-state index is -4.04. The fourth-order valence-corrected chi connectivity index (χ4v) is 5.48. The van der Waals surface area contributed by atoms with Gasteiger partial charge in [0.05, 0.1) is 23.8 Å². The van der Waals surface area contributed by atoms with Gasteiger partial charge >= 0.3 is 11.8 Å². The lowest BCUT2D eigenvalue weighted by molar-refractivity contribution is 0.0272. The highest BCUT2D eigenvalue weighted by Crippen LogP contribution is 2.33. The Hall–Kier alpha value is -2.83. The molecule has 1 aromatic carbocycles. The number of carbonyl (C=O) groups excluding carboxylic acids is 1. The number of hydrogen-bond acceptors (Lipinski definition) is 8. The number of nitrogens with one attached hydrogen (secondary N) is 1. The number of hydrogen-bond donors (Lipinski definition) is 1. The summed E-state index contributed by atoms with van der Waals surface area (Å²) in [7, 11) is -4.04. The third-order valence-electron chi connectivity index (χ3n) is 4.41. The standard InChI is InChI=1S/C18H17FN4O5S2/c1-11-15(30(25,26)22-13-5-3-2-4-12(13)19)10-14(29-11)16-20-17(28-21-16)18(24)23-6-8-27-9-7-23/h2-5,10,22H,6-9H2,1H3. The maximum absolute atomic E-state index is 13.8. The summed E-state index contributed by atoms with van der Waals surface area (Å²) >= 11 is 1.13. The predicted molar refractivity (Wildman–Crippen MR) is 106 cm³/mol. The maximum Gasteiger partial charge on any atom is 0.316 e. The molecule has 158 valence electrons. The molecule has 0 bridgehead atoms. The summed E-state index contributed by atoms with van der Waals surface area (Å²) in [5.41, 5.74) is -0.150. The second-order valence-corrected chi connectivity index (χ2v) is 9.35. The second-order valence-electron chi connectivity index (χ2n) is 6.44. The van der Waals surface area contributed by atoms with E-state index in [0.717, 1.165) is 17.4 Å². The van der Waals surface area contributed by atoms with Crippen LogP contribution in [0.25, 0.3) is 10.7 Å². The fraction of sp³-hybridized carbons (Fsp3) is 0.278. The fourth-order valence-electron chi connectivity index (χ4n) is 2.90. The summed E-state index contributed by atoms with van der Waals surface area (Å²) in [5, 5.41) is 3.81. The molecule has 12 heteroatoms. The monoisotopic (exact) mass is 452 g/mol. The molecule has 1 aliphatic heterocycles. The molecule has 1 N–H and O–H groups in total. The molecule has 1 aliphatic rings. The summed E-state index contributed by atoms with van der Waals surface area (Å²) in [5.74, 6) is -1.16. The highest BCUT2D eigenvalue weighted by Gasteiger charge is 2.27. The smallest absolute Gasteiger partial charge is 0.316 e. The molecule has 0 atom stereocenters. The maximum atomic E-state index is 13.8. The van der Waals surface area contributed by atoms with Gasteiger partial charge in [-0.05, 0) is 25.1 Å². The average molecular weight is 452 g/mol. The second kappa shape index (κ2) is 8.13. The van der Waals surface area contributed by atoms with Crippen molar-refractivity contribution in [3.8, 4) is 10.7 Å². The van der Waals surface area contributed by atoms with Crippen molar-refractivity contribution >= 4 is 33.0 Å². The first-order valence-electron chi connectivity index (χ1n) is 8.94. The minimum absolute atomic E-state index is 0.0309. The molecule has 0 aliphatic carbocycles. The number of halogens is 1. The number of rotatable bonds is 5. The van der Waals surface area contributed by atoms with E-state index in [-0.39, 0.29) is 22.3 Å². The molecule has 1 saturated heterocycles. The van der Waals surface area contributed by atoms with Crippen molar-refractivity contribution in [3.05, 3.63) is 46.9 Å². The van der Waals surface area contributed by atoms with Gasteiger partial charge in [0.1, 0.15) is 10.7 Å². The first kappa shape index (κ1) is 20.4. The van der Waals surface area contributed by atoms with Gasteiger partial charge in [-0.1, -0.05) is 17.3 Å². The lowest BCUT2D eigenvalue weighted by atomic mass is 10.3. The van der Waals surface area contributed by atoms with Crippen LogP contribution in [-0.4, -0.2) is 55.7 Å². The lowest BCUT2D eigenvalue weighted by Gasteiger charge is -2.25. The molecular weight excluding hydrogens is 435 g/mol. The van der Waals surface area contributed by atoms with Crippen molar-refractivity contribution in [3.63, 3.8) is 0 Å². The number of sulfonamides is 1. The number of aryl methyl sites for hydroxylation is 1. The van der Waals surface area contributed by atoms with E-state index >= 15 is 0 Å². The van der Waals surface area contributed by atoms with Gasteiger partial charge in [-0.25, -0.2) is 12.8 Å². The average Bonchev–Trinajstić information content (AvgIpc) is 3.37. The van der Waals surface area contributed by atoms with Gasteiger partial charge < -0.3 is 14.2 Å². The molecule has 2 aromatic heterocycles. The van der Waals surface area contributed by atoms with E-state index in [0.29, 0.717) is 36.1 Å². The largest absolute Gasteiger partial charge is 0.378 e. The Morgan fingerprint density at radius 2 is 2.00 bits per heavy atom. The van der Waals surface area contributed by atoms with E-state index in [4.69, 9.17) is 9.26 Å². The van der Waals surface area contributed by atoms with E-state index in [1.807, 2.05) is 0 Å². The Kier molecular flexibility index (Phi) is 5.54. The Morgan fingerprint density at radius 1 is 1.27 bits per heavy atom. The van der Waals surface area contributed by atoms with Gasteiger partial charge in [0, 0.05) is 18.0 Å². The van der Waals surface area contributed by atoms with Gasteiger partial charge in [-0.2, -0.15) is 4.98 Å². The minimum Gasteiger partial charge on any atom is -0.378 e. The quantitative estimate of drug-likeness (QED) is 0.633. The van der Waals surface area contributed by atoms with Crippen molar-refractivity contribution in [1.29, 1.82) is 0 Å². The van der Waals surface area contributed by atoms with Gasteiger partial charge in [-0.15, -0.1) is 11.3 Å². The van der Waals surface area contributed by atoms with Crippen LogP contribution in [0.4, 0.5) is 10.1 Å². The highest BCUT2D eigenvalue weighted by atomic mass is 32.2. The first-order valence-corrected chi connectivity index (χ1v) is 11.2. The summed E-state index contributed by atoms with van der Waals surface area (Å²) in [6.45, 7) is 3.35. The molecule has 1 fully saturated rings. The molecule has 1 amide bonds. The number of anilines is 1. The third kappa shape index (κ3) is 4.06. The number of morpholine rings is 1. The van der Waals surface area contributed by atoms with E-state index in [1.54, 1.807) is 11.8 Å². The lowest BCUT2D eigenvalue weighted by Crippen LogP contribution is -2.40. The zero-order valence-corrected chi connectivity index (χ0v) is 17.4. The summed E-state index contributed by atoms with van der Waals surface area (Å²) < 4.78 is 51.8. The number of nitrogens with zero attached hydrogens (tertiary/aromatic N) is 3.